The predicted octanol–water partition coefficient (Wildman–Crippen LogP) is 2.21. The number of hydrogen-bond acceptors (Lipinski definition) is 2. The summed E-state index contributed by atoms with van der Waals surface area (Å²) in [6, 6.07) is 3.00. The fraction of sp³-hybridized carbons (Fsp3) is 0.385. The zero-order valence-corrected chi connectivity index (χ0v) is 11.2. The Morgan fingerprint density at radius 2 is 2.17 bits per heavy atom. The first-order chi connectivity index (χ1) is 8.40. The Hall–Kier alpha value is -1.38. The smallest absolute Gasteiger partial charge is 0.207 e. The van der Waals surface area contributed by atoms with Gasteiger partial charge in [-0.2, -0.15) is 4.72 Å². The number of aryl methyl sites for hydroxylation is 1. The summed E-state index contributed by atoms with van der Waals surface area (Å²) in [5.74, 6) is 1.93. The van der Waals surface area contributed by atoms with Gasteiger partial charge in [0.1, 0.15) is 5.82 Å². The van der Waals surface area contributed by atoms with Crippen molar-refractivity contribution in [2.75, 3.05) is 0 Å². The van der Waals surface area contributed by atoms with Gasteiger partial charge in [0.15, 0.2) is 0 Å². The molecular weight excluding hydrogens is 253 g/mol. The second-order valence-electron chi connectivity index (χ2n) is 4.04. The van der Waals surface area contributed by atoms with Crippen molar-refractivity contribution < 1.29 is 12.8 Å². The van der Waals surface area contributed by atoms with Crippen LogP contribution in [0.25, 0.3) is 0 Å². The second kappa shape index (κ2) is 5.98. The number of sulfonamides is 1. The molecule has 0 saturated carbocycles. The van der Waals surface area contributed by atoms with Crippen LogP contribution in [0.2, 0.25) is 0 Å². The Bertz CT molecular complexity index is 561. The molecule has 0 amide bonds. The SMILES string of the molecule is C#CC(CCC)NS(=O)(=O)c1ccc(F)cc1C. The molecule has 0 aliphatic carbocycles. The van der Waals surface area contributed by atoms with E-state index in [0.29, 0.717) is 12.0 Å². The summed E-state index contributed by atoms with van der Waals surface area (Å²) in [5.41, 5.74) is 0.356. The summed E-state index contributed by atoms with van der Waals surface area (Å²) in [6.45, 7) is 3.46. The van der Waals surface area contributed by atoms with Crippen LogP contribution >= 0.6 is 0 Å². The van der Waals surface area contributed by atoms with Crippen molar-refractivity contribution in [1.29, 1.82) is 0 Å². The van der Waals surface area contributed by atoms with Crippen LogP contribution in [0.3, 0.4) is 0 Å². The van der Waals surface area contributed by atoms with E-state index in [0.717, 1.165) is 12.5 Å². The minimum atomic E-state index is -3.70. The van der Waals surface area contributed by atoms with Gasteiger partial charge in [0.05, 0.1) is 10.9 Å². The van der Waals surface area contributed by atoms with Gasteiger partial charge in [-0.25, -0.2) is 12.8 Å². The Labute approximate surface area is 107 Å². The van der Waals surface area contributed by atoms with Gasteiger partial charge in [0.25, 0.3) is 0 Å². The van der Waals surface area contributed by atoms with Crippen molar-refractivity contribution in [3.63, 3.8) is 0 Å². The van der Waals surface area contributed by atoms with Gasteiger partial charge in [-0.1, -0.05) is 19.3 Å². The van der Waals surface area contributed by atoms with Crippen LogP contribution in [0.15, 0.2) is 23.1 Å². The molecule has 3 nitrogen and oxygen atoms in total. The molecule has 0 aliphatic rings. The normalized spacial score (nSPS) is 13.0. The Morgan fingerprint density at radius 3 is 2.67 bits per heavy atom. The monoisotopic (exact) mass is 269 g/mol. The maximum absolute atomic E-state index is 12.9. The maximum atomic E-state index is 12.9. The van der Waals surface area contributed by atoms with E-state index < -0.39 is 21.9 Å². The lowest BCUT2D eigenvalue weighted by molar-refractivity contribution is 0.563. The van der Waals surface area contributed by atoms with Crippen LogP contribution in [0, 0.1) is 25.1 Å². The third kappa shape index (κ3) is 3.56. The highest BCUT2D eigenvalue weighted by Crippen LogP contribution is 2.16. The fourth-order valence-corrected chi connectivity index (χ4v) is 3.05. The molecule has 5 heteroatoms. The van der Waals surface area contributed by atoms with Crippen LogP contribution < -0.4 is 4.72 Å². The molecule has 0 fully saturated rings. The molecule has 1 rings (SSSR count). The maximum Gasteiger partial charge on any atom is 0.241 e. The standard InChI is InChI=1S/C13H16FNO2S/c1-4-6-12(5-2)15-18(16,17)13-8-7-11(14)9-10(13)3/h2,7-9,12,15H,4,6H2,1,3H3. The van der Waals surface area contributed by atoms with Crippen molar-refractivity contribution in [1.82, 2.24) is 4.72 Å². The van der Waals surface area contributed by atoms with E-state index in [4.69, 9.17) is 6.42 Å². The average molecular weight is 269 g/mol. The van der Waals surface area contributed by atoms with Crippen LogP contribution in [-0.2, 0) is 10.0 Å². The van der Waals surface area contributed by atoms with Crippen LogP contribution in [0.5, 0.6) is 0 Å². The largest absolute Gasteiger partial charge is 0.241 e. The Kier molecular flexibility index (Phi) is 4.88. The van der Waals surface area contributed by atoms with Crippen molar-refractivity contribution in [2.24, 2.45) is 0 Å². The quantitative estimate of drug-likeness (QED) is 0.833. The van der Waals surface area contributed by atoms with Crippen molar-refractivity contribution in [2.45, 2.75) is 37.6 Å². The topological polar surface area (TPSA) is 46.2 Å². The molecule has 1 aromatic rings. The molecule has 1 atom stereocenters. The van der Waals surface area contributed by atoms with Gasteiger partial charge in [0, 0.05) is 0 Å². The first kappa shape index (κ1) is 14.7. The molecule has 0 saturated heterocycles. The van der Waals surface area contributed by atoms with E-state index in [2.05, 4.69) is 10.6 Å². The zero-order chi connectivity index (χ0) is 13.8. The molecule has 98 valence electrons. The molecule has 1 N–H and O–H groups in total. The van der Waals surface area contributed by atoms with Crippen molar-refractivity contribution in [3.8, 4) is 12.3 Å². The molecule has 0 radical (unpaired) electrons. The summed E-state index contributed by atoms with van der Waals surface area (Å²) in [5, 5.41) is 0. The van der Waals surface area contributed by atoms with Gasteiger partial charge >= 0.3 is 0 Å². The van der Waals surface area contributed by atoms with E-state index in [-0.39, 0.29) is 4.90 Å². The summed E-state index contributed by atoms with van der Waals surface area (Å²) in [4.78, 5) is 0.0558. The third-order valence-electron chi connectivity index (χ3n) is 2.50. The highest BCUT2D eigenvalue weighted by molar-refractivity contribution is 7.89. The van der Waals surface area contributed by atoms with Gasteiger partial charge in [-0.15, -0.1) is 6.42 Å². The Balaban J connectivity index is 3.03. The van der Waals surface area contributed by atoms with Crippen molar-refractivity contribution in [3.05, 3.63) is 29.6 Å². The molecule has 0 aliphatic heterocycles. The number of nitrogens with one attached hydrogen (secondary N) is 1. The molecular formula is C13H16FNO2S. The molecule has 0 bridgehead atoms. The minimum Gasteiger partial charge on any atom is -0.207 e. The number of halogens is 1. The summed E-state index contributed by atoms with van der Waals surface area (Å²) >= 11 is 0. The van der Waals surface area contributed by atoms with E-state index in [1.165, 1.54) is 12.1 Å². The molecule has 18 heavy (non-hydrogen) atoms. The fourth-order valence-electron chi connectivity index (χ4n) is 1.63. The lowest BCUT2D eigenvalue weighted by Gasteiger charge is -2.14. The second-order valence-corrected chi connectivity index (χ2v) is 5.72. The number of terminal acetylenes is 1. The first-order valence-electron chi connectivity index (χ1n) is 5.65. The highest BCUT2D eigenvalue weighted by atomic mass is 32.2. The van der Waals surface area contributed by atoms with Gasteiger partial charge < -0.3 is 0 Å². The minimum absolute atomic E-state index is 0.0558. The van der Waals surface area contributed by atoms with Gasteiger partial charge in [-0.05, 0) is 37.1 Å². The number of rotatable bonds is 5. The van der Waals surface area contributed by atoms with E-state index in [1.54, 1.807) is 6.92 Å². The van der Waals surface area contributed by atoms with Crippen LogP contribution in [-0.4, -0.2) is 14.5 Å². The molecule has 0 spiro atoms. The predicted molar refractivity (Wildman–Crippen MR) is 69.0 cm³/mol. The third-order valence-corrected chi connectivity index (χ3v) is 4.13. The average Bonchev–Trinajstić information content (AvgIpc) is 2.27. The molecule has 0 heterocycles. The lowest BCUT2D eigenvalue weighted by Crippen LogP contribution is -2.34. The van der Waals surface area contributed by atoms with E-state index in [1.807, 2.05) is 6.92 Å². The molecule has 1 aromatic carbocycles. The van der Waals surface area contributed by atoms with Crippen LogP contribution in [0.1, 0.15) is 25.3 Å². The van der Waals surface area contributed by atoms with Crippen LogP contribution in [0.4, 0.5) is 4.39 Å². The Morgan fingerprint density at radius 1 is 1.50 bits per heavy atom. The van der Waals surface area contributed by atoms with E-state index in [9.17, 15) is 12.8 Å². The number of benzene rings is 1. The zero-order valence-electron chi connectivity index (χ0n) is 10.4. The van der Waals surface area contributed by atoms with Gasteiger partial charge in [-0.3, -0.25) is 0 Å². The van der Waals surface area contributed by atoms with Gasteiger partial charge in [0.2, 0.25) is 10.0 Å². The first-order valence-corrected chi connectivity index (χ1v) is 7.13. The summed E-state index contributed by atoms with van der Waals surface area (Å²) in [7, 11) is -3.70. The highest BCUT2D eigenvalue weighted by Gasteiger charge is 2.20. The molecule has 0 aromatic heterocycles. The number of hydrogen-bond donors (Lipinski definition) is 1. The summed E-state index contributed by atoms with van der Waals surface area (Å²) < 4.78 is 39.5. The van der Waals surface area contributed by atoms with E-state index >= 15 is 0 Å². The molecule has 1 unspecified atom stereocenters. The van der Waals surface area contributed by atoms with Crippen molar-refractivity contribution >= 4 is 10.0 Å². The lowest BCUT2D eigenvalue weighted by atomic mass is 10.2. The summed E-state index contributed by atoms with van der Waals surface area (Å²) in [6.07, 6.45) is 6.61.